The Balaban J connectivity index is 1.60. The summed E-state index contributed by atoms with van der Waals surface area (Å²) in [4.78, 5) is 5.41. The van der Waals surface area contributed by atoms with E-state index in [9.17, 15) is 0 Å². The molecule has 0 bridgehead atoms. The highest BCUT2D eigenvalue weighted by Gasteiger charge is 2.20. The average Bonchev–Trinajstić information content (AvgIpc) is 3.39. The maximum atomic E-state index is 4.87. The Hall–Kier alpha value is -3.58. The van der Waals surface area contributed by atoms with Crippen LogP contribution in [0, 0.1) is 6.92 Å². The summed E-state index contributed by atoms with van der Waals surface area (Å²) in [5, 5.41) is 17.0. The van der Waals surface area contributed by atoms with Gasteiger partial charge in [-0.1, -0.05) is 59.9 Å². The van der Waals surface area contributed by atoms with Crippen molar-refractivity contribution < 1.29 is 0 Å². The number of nitrogens with zero attached hydrogens (tertiary/aromatic N) is 6. The largest absolute Gasteiger partial charge is 0.297 e. The summed E-state index contributed by atoms with van der Waals surface area (Å²) in [6.45, 7) is 1.99. The van der Waals surface area contributed by atoms with E-state index in [1.54, 1.807) is 11.3 Å². The van der Waals surface area contributed by atoms with Gasteiger partial charge in [-0.05, 0) is 29.8 Å². The Morgan fingerprint density at radius 1 is 0.893 bits per heavy atom. The van der Waals surface area contributed by atoms with E-state index >= 15 is 0 Å². The van der Waals surface area contributed by atoms with Gasteiger partial charge in [-0.25, -0.2) is 4.98 Å². The highest BCUT2D eigenvalue weighted by molar-refractivity contribution is 7.20. The number of hydrogen-bond acceptors (Lipinski definition) is 5. The van der Waals surface area contributed by atoms with Gasteiger partial charge in [0, 0.05) is 11.8 Å². The smallest absolute Gasteiger partial charge is 0.235 e. The summed E-state index contributed by atoms with van der Waals surface area (Å²) >= 11 is 1.54. The third-order valence-corrected chi connectivity index (χ3v) is 5.86. The number of imidazole rings is 1. The van der Waals surface area contributed by atoms with Gasteiger partial charge in [0.15, 0.2) is 0 Å². The van der Waals surface area contributed by atoms with E-state index in [1.807, 2.05) is 40.2 Å². The standard InChI is InChI=1S/C21H14N6S/c1-13-18(26-12-5-4-11-17(26)22-13)19-23-24-21-27(19)25-20(28-21)16-10-6-8-14-7-2-3-9-15(14)16/h2-12H,1H3. The van der Waals surface area contributed by atoms with Crippen molar-refractivity contribution in [3.8, 4) is 22.1 Å². The van der Waals surface area contributed by atoms with Crippen molar-refractivity contribution in [1.29, 1.82) is 0 Å². The fourth-order valence-corrected chi connectivity index (χ4v) is 4.55. The molecule has 0 aliphatic carbocycles. The molecular weight excluding hydrogens is 368 g/mol. The molecule has 0 N–H and O–H groups in total. The Morgan fingerprint density at radius 2 is 1.75 bits per heavy atom. The number of hydrogen-bond donors (Lipinski definition) is 0. The normalized spacial score (nSPS) is 11.8. The lowest BCUT2D eigenvalue weighted by atomic mass is 10.1. The van der Waals surface area contributed by atoms with Gasteiger partial charge < -0.3 is 0 Å². The van der Waals surface area contributed by atoms with Crippen LogP contribution >= 0.6 is 11.3 Å². The molecule has 0 spiro atoms. The third kappa shape index (κ3) is 2.13. The summed E-state index contributed by atoms with van der Waals surface area (Å²) in [7, 11) is 0. The fraction of sp³-hybridized carbons (Fsp3) is 0.0476. The molecule has 4 aromatic heterocycles. The van der Waals surface area contributed by atoms with E-state index in [2.05, 4.69) is 57.6 Å². The average molecular weight is 382 g/mol. The first-order valence-corrected chi connectivity index (χ1v) is 9.76. The number of fused-ring (bicyclic) bond motifs is 3. The van der Waals surface area contributed by atoms with Crippen LogP contribution < -0.4 is 0 Å². The highest BCUT2D eigenvalue weighted by Crippen LogP contribution is 2.33. The molecule has 0 unspecified atom stereocenters. The lowest BCUT2D eigenvalue weighted by Crippen LogP contribution is -1.96. The van der Waals surface area contributed by atoms with Crippen LogP contribution in [0.1, 0.15) is 5.69 Å². The summed E-state index contributed by atoms with van der Waals surface area (Å²) in [5.41, 5.74) is 3.81. The van der Waals surface area contributed by atoms with Gasteiger partial charge in [0.2, 0.25) is 10.8 Å². The predicted molar refractivity (Wildman–Crippen MR) is 111 cm³/mol. The highest BCUT2D eigenvalue weighted by atomic mass is 32.1. The summed E-state index contributed by atoms with van der Waals surface area (Å²) in [6, 6.07) is 20.6. The van der Waals surface area contributed by atoms with Crippen molar-refractivity contribution in [3.63, 3.8) is 0 Å². The molecule has 7 heteroatoms. The SMILES string of the molecule is Cc1nc2ccccn2c1-c1nnc2sc(-c3cccc4ccccc34)nn12. The molecule has 28 heavy (non-hydrogen) atoms. The molecule has 0 atom stereocenters. The second-order valence-corrected chi connectivity index (χ2v) is 7.58. The molecule has 0 aliphatic heterocycles. The minimum Gasteiger partial charge on any atom is -0.297 e. The zero-order chi connectivity index (χ0) is 18.7. The van der Waals surface area contributed by atoms with Gasteiger partial charge >= 0.3 is 0 Å². The monoisotopic (exact) mass is 382 g/mol. The molecule has 6 rings (SSSR count). The molecule has 6 nitrogen and oxygen atoms in total. The van der Waals surface area contributed by atoms with E-state index in [1.165, 1.54) is 10.8 Å². The van der Waals surface area contributed by atoms with Crippen LogP contribution in [0.3, 0.4) is 0 Å². The van der Waals surface area contributed by atoms with Crippen molar-refractivity contribution >= 4 is 32.7 Å². The molecule has 4 heterocycles. The minimum absolute atomic E-state index is 0.703. The number of aromatic nitrogens is 6. The fourth-order valence-electron chi connectivity index (χ4n) is 3.67. The Bertz CT molecular complexity index is 1480. The van der Waals surface area contributed by atoms with Gasteiger partial charge in [-0.3, -0.25) is 4.40 Å². The predicted octanol–water partition coefficient (Wildman–Crippen LogP) is 4.63. The first-order chi connectivity index (χ1) is 13.8. The first kappa shape index (κ1) is 15.5. The molecular formula is C21H14N6S. The summed E-state index contributed by atoms with van der Waals surface area (Å²) < 4.78 is 3.86. The minimum atomic E-state index is 0.703. The lowest BCUT2D eigenvalue weighted by Gasteiger charge is -2.03. The third-order valence-electron chi connectivity index (χ3n) is 4.93. The van der Waals surface area contributed by atoms with E-state index in [4.69, 9.17) is 5.10 Å². The van der Waals surface area contributed by atoms with Crippen molar-refractivity contribution in [1.82, 2.24) is 29.2 Å². The molecule has 0 amide bonds. The van der Waals surface area contributed by atoms with Gasteiger partial charge in [-0.15, -0.1) is 10.2 Å². The van der Waals surface area contributed by atoms with Crippen molar-refractivity contribution in [2.45, 2.75) is 6.92 Å². The number of pyridine rings is 1. The molecule has 2 aromatic carbocycles. The quantitative estimate of drug-likeness (QED) is 0.438. The summed E-state index contributed by atoms with van der Waals surface area (Å²) in [5.74, 6) is 0.703. The van der Waals surface area contributed by atoms with Crippen molar-refractivity contribution in [3.05, 3.63) is 72.6 Å². The van der Waals surface area contributed by atoms with Gasteiger partial charge in [0.25, 0.3) is 0 Å². The van der Waals surface area contributed by atoms with Crippen LogP contribution in [0.25, 0.3) is 43.5 Å². The summed E-state index contributed by atoms with van der Waals surface area (Å²) in [6.07, 6.45) is 1.99. The maximum Gasteiger partial charge on any atom is 0.235 e. The zero-order valence-corrected chi connectivity index (χ0v) is 15.8. The van der Waals surface area contributed by atoms with Crippen LogP contribution in [0.15, 0.2) is 66.9 Å². The molecule has 0 saturated carbocycles. The molecule has 0 saturated heterocycles. The molecule has 6 aromatic rings. The number of rotatable bonds is 2. The van der Waals surface area contributed by atoms with Crippen LogP contribution in [0.5, 0.6) is 0 Å². The van der Waals surface area contributed by atoms with E-state index in [0.717, 1.165) is 32.6 Å². The van der Waals surface area contributed by atoms with Crippen LogP contribution in [0.4, 0.5) is 0 Å². The van der Waals surface area contributed by atoms with E-state index in [0.29, 0.717) is 5.82 Å². The van der Waals surface area contributed by atoms with Crippen molar-refractivity contribution in [2.24, 2.45) is 0 Å². The van der Waals surface area contributed by atoms with E-state index in [-0.39, 0.29) is 0 Å². The molecule has 134 valence electrons. The Labute approximate surface area is 163 Å². The Kier molecular flexibility index (Phi) is 3.15. The lowest BCUT2D eigenvalue weighted by molar-refractivity contribution is 0.954. The Morgan fingerprint density at radius 3 is 2.71 bits per heavy atom. The maximum absolute atomic E-state index is 4.87. The van der Waals surface area contributed by atoms with Crippen molar-refractivity contribution in [2.75, 3.05) is 0 Å². The number of aryl methyl sites for hydroxylation is 1. The molecule has 0 fully saturated rings. The first-order valence-electron chi connectivity index (χ1n) is 8.94. The van der Waals surface area contributed by atoms with E-state index < -0.39 is 0 Å². The second kappa shape index (κ2) is 5.71. The zero-order valence-electron chi connectivity index (χ0n) is 14.9. The topological polar surface area (TPSA) is 60.4 Å². The van der Waals surface area contributed by atoms with Gasteiger partial charge in [0.1, 0.15) is 16.3 Å². The molecule has 0 aliphatic rings. The van der Waals surface area contributed by atoms with Crippen LogP contribution in [0.2, 0.25) is 0 Å². The van der Waals surface area contributed by atoms with Crippen LogP contribution in [-0.2, 0) is 0 Å². The second-order valence-electron chi connectivity index (χ2n) is 6.63. The number of benzene rings is 2. The van der Waals surface area contributed by atoms with Gasteiger partial charge in [0.05, 0.1) is 5.69 Å². The molecule has 0 radical (unpaired) electrons. The van der Waals surface area contributed by atoms with Gasteiger partial charge in [-0.2, -0.15) is 9.61 Å². The van der Waals surface area contributed by atoms with Crippen LogP contribution in [-0.4, -0.2) is 29.2 Å².